The molecule has 1 aliphatic carbocycles. The maximum atomic E-state index is 10.8. The highest BCUT2D eigenvalue weighted by Gasteiger charge is 2.34. The quantitative estimate of drug-likeness (QED) is 0.515. The van der Waals surface area contributed by atoms with E-state index in [2.05, 4.69) is 10.6 Å². The Morgan fingerprint density at radius 1 is 1.41 bits per heavy atom. The molecule has 98 valence electrons. The number of primary amides is 1. The molecule has 0 spiro atoms. The summed E-state index contributed by atoms with van der Waals surface area (Å²) in [6.07, 6.45) is 5.05. The molecule has 1 saturated carbocycles. The second kappa shape index (κ2) is 5.80. The summed E-state index contributed by atoms with van der Waals surface area (Å²) in [6, 6.07) is 1.03. The van der Waals surface area contributed by atoms with Gasteiger partial charge < -0.3 is 21.5 Å². The molecule has 1 heterocycles. The van der Waals surface area contributed by atoms with Crippen molar-refractivity contribution in [3.8, 4) is 0 Å². The van der Waals surface area contributed by atoms with Crippen LogP contribution in [0.1, 0.15) is 32.1 Å². The maximum absolute atomic E-state index is 10.8. The molecule has 4 atom stereocenters. The van der Waals surface area contributed by atoms with Gasteiger partial charge in [0.1, 0.15) is 6.10 Å². The van der Waals surface area contributed by atoms with Crippen molar-refractivity contribution in [1.29, 1.82) is 0 Å². The Balaban J connectivity index is 1.80. The number of rotatable bonds is 5. The molecule has 0 radical (unpaired) electrons. The SMILES string of the molecule is NC(=O)C(O)CNC1CCCC1C1CCCN1. The lowest BCUT2D eigenvalue weighted by Gasteiger charge is -2.27. The smallest absolute Gasteiger partial charge is 0.247 e. The first kappa shape index (κ1) is 12.8. The van der Waals surface area contributed by atoms with Crippen molar-refractivity contribution in [2.24, 2.45) is 11.7 Å². The first-order valence-corrected chi connectivity index (χ1v) is 6.62. The number of hydrogen-bond acceptors (Lipinski definition) is 4. The lowest BCUT2D eigenvalue weighted by molar-refractivity contribution is -0.125. The van der Waals surface area contributed by atoms with Crippen LogP contribution in [0.3, 0.4) is 0 Å². The third kappa shape index (κ3) is 3.18. The number of aliphatic hydroxyl groups is 1. The molecule has 1 amide bonds. The molecule has 0 bridgehead atoms. The minimum Gasteiger partial charge on any atom is -0.382 e. The Kier molecular flexibility index (Phi) is 4.36. The van der Waals surface area contributed by atoms with Gasteiger partial charge >= 0.3 is 0 Å². The van der Waals surface area contributed by atoms with E-state index in [-0.39, 0.29) is 6.54 Å². The highest BCUT2D eigenvalue weighted by Crippen LogP contribution is 2.31. The minimum atomic E-state index is -1.06. The lowest BCUT2D eigenvalue weighted by Crippen LogP contribution is -2.46. The van der Waals surface area contributed by atoms with Crippen molar-refractivity contribution in [1.82, 2.24) is 10.6 Å². The molecule has 5 N–H and O–H groups in total. The molecule has 1 saturated heterocycles. The third-order valence-electron chi connectivity index (χ3n) is 4.09. The molecule has 17 heavy (non-hydrogen) atoms. The predicted molar refractivity (Wildman–Crippen MR) is 65.4 cm³/mol. The van der Waals surface area contributed by atoms with Gasteiger partial charge in [-0.1, -0.05) is 6.42 Å². The second-order valence-corrected chi connectivity index (χ2v) is 5.23. The standard InChI is InChI=1S/C12H23N3O2/c13-12(17)11(16)7-15-10-4-1-3-8(10)9-5-2-6-14-9/h8-11,14-16H,1-7H2,(H2,13,17). The van der Waals surface area contributed by atoms with Crippen molar-refractivity contribution >= 4 is 5.91 Å². The van der Waals surface area contributed by atoms with Crippen LogP contribution >= 0.6 is 0 Å². The van der Waals surface area contributed by atoms with Crippen molar-refractivity contribution < 1.29 is 9.90 Å². The highest BCUT2D eigenvalue weighted by atomic mass is 16.3. The van der Waals surface area contributed by atoms with Crippen LogP contribution < -0.4 is 16.4 Å². The van der Waals surface area contributed by atoms with Gasteiger partial charge in [0, 0.05) is 18.6 Å². The Morgan fingerprint density at radius 3 is 2.88 bits per heavy atom. The molecule has 1 aliphatic heterocycles. The van der Waals surface area contributed by atoms with Crippen molar-refractivity contribution in [2.75, 3.05) is 13.1 Å². The predicted octanol–water partition coefficient (Wildman–Crippen LogP) is -0.657. The summed E-state index contributed by atoms with van der Waals surface area (Å²) < 4.78 is 0. The van der Waals surface area contributed by atoms with Crippen LogP contribution in [0.25, 0.3) is 0 Å². The van der Waals surface area contributed by atoms with Gasteiger partial charge in [-0.25, -0.2) is 0 Å². The maximum Gasteiger partial charge on any atom is 0.247 e. The van der Waals surface area contributed by atoms with Gasteiger partial charge in [0.2, 0.25) is 5.91 Å². The van der Waals surface area contributed by atoms with Gasteiger partial charge in [-0.15, -0.1) is 0 Å². The van der Waals surface area contributed by atoms with Gasteiger partial charge in [-0.3, -0.25) is 4.79 Å². The molecule has 2 rings (SSSR count). The summed E-state index contributed by atoms with van der Waals surface area (Å²) in [5.74, 6) is -0.0105. The summed E-state index contributed by atoms with van der Waals surface area (Å²) in [5, 5.41) is 16.2. The fraction of sp³-hybridized carbons (Fsp3) is 0.917. The topological polar surface area (TPSA) is 87.4 Å². The Bertz CT molecular complexity index is 266. The zero-order valence-corrected chi connectivity index (χ0v) is 10.2. The van der Waals surface area contributed by atoms with Gasteiger partial charge in [-0.2, -0.15) is 0 Å². The fourth-order valence-electron chi connectivity index (χ4n) is 3.16. The van der Waals surface area contributed by atoms with E-state index < -0.39 is 12.0 Å². The average molecular weight is 241 g/mol. The zero-order valence-electron chi connectivity index (χ0n) is 10.2. The normalized spacial score (nSPS) is 35.0. The first-order chi connectivity index (χ1) is 8.18. The summed E-state index contributed by atoms with van der Waals surface area (Å²) >= 11 is 0. The van der Waals surface area contributed by atoms with Crippen LogP contribution in [-0.2, 0) is 4.79 Å². The number of nitrogens with two attached hydrogens (primary N) is 1. The van der Waals surface area contributed by atoms with Crippen LogP contribution in [0, 0.1) is 5.92 Å². The third-order valence-corrected chi connectivity index (χ3v) is 4.09. The van der Waals surface area contributed by atoms with E-state index in [0.29, 0.717) is 18.0 Å². The molecule has 0 aromatic heterocycles. The molecule has 0 aromatic carbocycles. The summed E-state index contributed by atoms with van der Waals surface area (Å²) in [4.78, 5) is 10.8. The lowest BCUT2D eigenvalue weighted by atomic mass is 9.93. The number of hydrogen-bond donors (Lipinski definition) is 4. The van der Waals surface area contributed by atoms with Gasteiger partial charge in [0.25, 0.3) is 0 Å². The van der Waals surface area contributed by atoms with Crippen molar-refractivity contribution in [3.05, 3.63) is 0 Å². The number of nitrogens with one attached hydrogen (secondary N) is 2. The minimum absolute atomic E-state index is 0.281. The Labute approximate surface area is 102 Å². The largest absolute Gasteiger partial charge is 0.382 e. The number of amides is 1. The van der Waals surface area contributed by atoms with Crippen LogP contribution in [0.2, 0.25) is 0 Å². The molecular formula is C12H23N3O2. The van der Waals surface area contributed by atoms with E-state index in [1.165, 1.54) is 25.7 Å². The van der Waals surface area contributed by atoms with Crippen LogP contribution in [-0.4, -0.2) is 42.3 Å². The van der Waals surface area contributed by atoms with Crippen LogP contribution in [0.5, 0.6) is 0 Å². The summed E-state index contributed by atoms with van der Waals surface area (Å²) in [6.45, 7) is 1.40. The highest BCUT2D eigenvalue weighted by molar-refractivity contribution is 5.78. The van der Waals surface area contributed by atoms with Gasteiger partial charge in [0.05, 0.1) is 0 Å². The molecule has 5 nitrogen and oxygen atoms in total. The zero-order chi connectivity index (χ0) is 12.3. The van der Waals surface area contributed by atoms with Crippen molar-refractivity contribution in [2.45, 2.75) is 50.3 Å². The second-order valence-electron chi connectivity index (χ2n) is 5.23. The molecule has 2 aliphatic rings. The van der Waals surface area contributed by atoms with Gasteiger partial charge in [-0.05, 0) is 38.1 Å². The fourth-order valence-corrected chi connectivity index (χ4v) is 3.16. The monoisotopic (exact) mass is 241 g/mol. The molecule has 5 heteroatoms. The molecule has 2 fully saturated rings. The van der Waals surface area contributed by atoms with E-state index >= 15 is 0 Å². The van der Waals surface area contributed by atoms with Crippen LogP contribution in [0.4, 0.5) is 0 Å². The van der Waals surface area contributed by atoms with E-state index in [1.54, 1.807) is 0 Å². The van der Waals surface area contributed by atoms with E-state index in [1.807, 2.05) is 0 Å². The average Bonchev–Trinajstić information content (AvgIpc) is 2.95. The molecular weight excluding hydrogens is 218 g/mol. The number of carbonyl (C=O) groups excluding carboxylic acids is 1. The summed E-state index contributed by atoms with van der Waals surface area (Å²) in [5.41, 5.74) is 5.04. The Hall–Kier alpha value is -0.650. The first-order valence-electron chi connectivity index (χ1n) is 6.62. The van der Waals surface area contributed by atoms with E-state index in [0.717, 1.165) is 13.0 Å². The molecule has 0 aromatic rings. The van der Waals surface area contributed by atoms with E-state index in [9.17, 15) is 9.90 Å². The van der Waals surface area contributed by atoms with Gasteiger partial charge in [0.15, 0.2) is 0 Å². The van der Waals surface area contributed by atoms with Crippen molar-refractivity contribution in [3.63, 3.8) is 0 Å². The number of aliphatic hydroxyl groups excluding tert-OH is 1. The van der Waals surface area contributed by atoms with E-state index in [4.69, 9.17) is 5.73 Å². The summed E-state index contributed by atoms with van der Waals surface area (Å²) in [7, 11) is 0. The Morgan fingerprint density at radius 2 is 2.24 bits per heavy atom. The van der Waals surface area contributed by atoms with Crippen LogP contribution in [0.15, 0.2) is 0 Å². The molecule has 4 unspecified atom stereocenters. The number of carbonyl (C=O) groups is 1.